The van der Waals surface area contributed by atoms with Crippen LogP contribution in [0.5, 0.6) is 0 Å². The topological polar surface area (TPSA) is 29.1 Å². The predicted molar refractivity (Wildman–Crippen MR) is 87.6 cm³/mol. The SMILES string of the molecule is CC(C)Cc1cccc(C(=O)NCc2ccc(Cl)cc2)c1. The molecule has 0 saturated carbocycles. The summed E-state index contributed by atoms with van der Waals surface area (Å²) in [5.41, 5.74) is 2.94. The van der Waals surface area contributed by atoms with Crippen LogP contribution in [0.1, 0.15) is 35.3 Å². The van der Waals surface area contributed by atoms with Gasteiger partial charge in [-0.15, -0.1) is 0 Å². The maximum Gasteiger partial charge on any atom is 0.251 e. The molecule has 0 aliphatic heterocycles. The second-order valence-electron chi connectivity index (χ2n) is 5.61. The fraction of sp³-hybridized carbons (Fsp3) is 0.278. The van der Waals surface area contributed by atoms with Gasteiger partial charge in [0.1, 0.15) is 0 Å². The van der Waals surface area contributed by atoms with Crippen molar-refractivity contribution in [2.45, 2.75) is 26.8 Å². The first-order valence-electron chi connectivity index (χ1n) is 7.16. The molecule has 3 heteroatoms. The van der Waals surface area contributed by atoms with Gasteiger partial charge in [0, 0.05) is 17.1 Å². The molecule has 0 heterocycles. The van der Waals surface area contributed by atoms with Gasteiger partial charge in [-0.3, -0.25) is 4.79 Å². The van der Waals surface area contributed by atoms with Gasteiger partial charge in [0.25, 0.3) is 5.91 Å². The maximum atomic E-state index is 12.2. The van der Waals surface area contributed by atoms with Gasteiger partial charge in [-0.25, -0.2) is 0 Å². The first-order chi connectivity index (χ1) is 10.0. The Morgan fingerprint density at radius 3 is 2.48 bits per heavy atom. The highest BCUT2D eigenvalue weighted by Gasteiger charge is 2.07. The third-order valence-electron chi connectivity index (χ3n) is 3.20. The largest absolute Gasteiger partial charge is 0.348 e. The van der Waals surface area contributed by atoms with Crippen molar-refractivity contribution in [3.63, 3.8) is 0 Å². The minimum Gasteiger partial charge on any atom is -0.348 e. The Morgan fingerprint density at radius 2 is 1.81 bits per heavy atom. The minimum absolute atomic E-state index is 0.0458. The average molecular weight is 302 g/mol. The predicted octanol–water partition coefficient (Wildman–Crippen LogP) is 4.47. The van der Waals surface area contributed by atoms with E-state index in [1.807, 2.05) is 42.5 Å². The van der Waals surface area contributed by atoms with Crippen molar-refractivity contribution in [2.75, 3.05) is 0 Å². The molecule has 1 amide bonds. The highest BCUT2D eigenvalue weighted by atomic mass is 35.5. The Labute approximate surface area is 131 Å². The van der Waals surface area contributed by atoms with E-state index in [-0.39, 0.29) is 5.91 Å². The zero-order valence-electron chi connectivity index (χ0n) is 12.4. The van der Waals surface area contributed by atoms with Gasteiger partial charge in [0.05, 0.1) is 0 Å². The lowest BCUT2D eigenvalue weighted by molar-refractivity contribution is 0.0951. The molecule has 0 radical (unpaired) electrons. The quantitative estimate of drug-likeness (QED) is 0.867. The molecule has 1 N–H and O–H groups in total. The fourth-order valence-corrected chi connectivity index (χ4v) is 2.32. The number of halogens is 1. The van der Waals surface area contributed by atoms with E-state index in [0.29, 0.717) is 23.0 Å². The Kier molecular flexibility index (Phi) is 5.40. The van der Waals surface area contributed by atoms with E-state index >= 15 is 0 Å². The van der Waals surface area contributed by atoms with E-state index in [1.54, 1.807) is 0 Å². The Balaban J connectivity index is 1.98. The first kappa shape index (κ1) is 15.6. The van der Waals surface area contributed by atoms with Crippen molar-refractivity contribution in [3.05, 3.63) is 70.2 Å². The van der Waals surface area contributed by atoms with Crippen LogP contribution in [0.3, 0.4) is 0 Å². The number of nitrogens with one attached hydrogen (secondary N) is 1. The van der Waals surface area contributed by atoms with Gasteiger partial charge in [-0.2, -0.15) is 0 Å². The van der Waals surface area contributed by atoms with Crippen LogP contribution in [-0.2, 0) is 13.0 Å². The molecule has 0 fully saturated rings. The molecule has 2 aromatic rings. The number of benzene rings is 2. The molecule has 0 atom stereocenters. The summed E-state index contributed by atoms with van der Waals surface area (Å²) in [7, 11) is 0. The molecule has 0 aliphatic rings. The lowest BCUT2D eigenvalue weighted by atomic mass is 10.0. The molecule has 0 aromatic heterocycles. The molecule has 0 bridgehead atoms. The summed E-state index contributed by atoms with van der Waals surface area (Å²) in [4.78, 5) is 12.2. The molecule has 110 valence electrons. The zero-order chi connectivity index (χ0) is 15.2. The standard InChI is InChI=1S/C18H20ClNO/c1-13(2)10-15-4-3-5-16(11-15)18(21)20-12-14-6-8-17(19)9-7-14/h3-9,11,13H,10,12H2,1-2H3,(H,20,21). The van der Waals surface area contributed by atoms with Crippen LogP contribution in [0.4, 0.5) is 0 Å². The molecule has 0 unspecified atom stereocenters. The fourth-order valence-electron chi connectivity index (χ4n) is 2.20. The molecule has 0 saturated heterocycles. The van der Waals surface area contributed by atoms with Gasteiger partial charge >= 0.3 is 0 Å². The zero-order valence-corrected chi connectivity index (χ0v) is 13.2. The lowest BCUT2D eigenvalue weighted by Crippen LogP contribution is -2.22. The van der Waals surface area contributed by atoms with Crippen LogP contribution < -0.4 is 5.32 Å². The monoisotopic (exact) mass is 301 g/mol. The average Bonchev–Trinajstić information content (AvgIpc) is 2.46. The van der Waals surface area contributed by atoms with Gasteiger partial charge in [0.2, 0.25) is 0 Å². The summed E-state index contributed by atoms with van der Waals surface area (Å²) in [6, 6.07) is 15.3. The second kappa shape index (κ2) is 7.28. The van der Waals surface area contributed by atoms with Gasteiger partial charge < -0.3 is 5.32 Å². The van der Waals surface area contributed by atoms with Gasteiger partial charge in [0.15, 0.2) is 0 Å². The highest BCUT2D eigenvalue weighted by molar-refractivity contribution is 6.30. The number of amides is 1. The lowest BCUT2D eigenvalue weighted by Gasteiger charge is -2.09. The van der Waals surface area contributed by atoms with Crippen molar-refractivity contribution in [2.24, 2.45) is 5.92 Å². The summed E-state index contributed by atoms with van der Waals surface area (Å²) in [6.07, 6.45) is 0.984. The third kappa shape index (κ3) is 4.91. The Hall–Kier alpha value is -1.80. The van der Waals surface area contributed by atoms with E-state index in [2.05, 4.69) is 25.2 Å². The smallest absolute Gasteiger partial charge is 0.251 e. The molecular formula is C18H20ClNO. The summed E-state index contributed by atoms with van der Waals surface area (Å²) in [5, 5.41) is 3.63. The summed E-state index contributed by atoms with van der Waals surface area (Å²) in [6.45, 7) is 4.85. The number of rotatable bonds is 5. The third-order valence-corrected chi connectivity index (χ3v) is 3.45. The van der Waals surface area contributed by atoms with Crippen molar-refractivity contribution >= 4 is 17.5 Å². The Morgan fingerprint density at radius 1 is 1.10 bits per heavy atom. The van der Waals surface area contributed by atoms with Gasteiger partial charge in [-0.1, -0.05) is 49.7 Å². The van der Waals surface area contributed by atoms with Crippen molar-refractivity contribution in [1.82, 2.24) is 5.32 Å². The van der Waals surface area contributed by atoms with Crippen molar-refractivity contribution in [3.8, 4) is 0 Å². The molecule has 2 nitrogen and oxygen atoms in total. The normalized spacial score (nSPS) is 10.7. The number of carbonyl (C=O) groups excluding carboxylic acids is 1. The van der Waals surface area contributed by atoms with Crippen molar-refractivity contribution in [1.29, 1.82) is 0 Å². The van der Waals surface area contributed by atoms with Crippen LogP contribution in [0.25, 0.3) is 0 Å². The molecule has 0 spiro atoms. The summed E-state index contributed by atoms with van der Waals surface area (Å²) >= 11 is 5.84. The Bertz CT molecular complexity index is 605. The molecule has 2 rings (SSSR count). The number of hydrogen-bond donors (Lipinski definition) is 1. The first-order valence-corrected chi connectivity index (χ1v) is 7.54. The van der Waals surface area contributed by atoms with E-state index in [1.165, 1.54) is 5.56 Å². The number of carbonyl (C=O) groups is 1. The summed E-state index contributed by atoms with van der Waals surface area (Å²) < 4.78 is 0. The molecule has 0 aliphatic carbocycles. The van der Waals surface area contributed by atoms with E-state index < -0.39 is 0 Å². The van der Waals surface area contributed by atoms with Crippen LogP contribution in [0.15, 0.2) is 48.5 Å². The van der Waals surface area contributed by atoms with Crippen LogP contribution in [0, 0.1) is 5.92 Å². The molecule has 21 heavy (non-hydrogen) atoms. The van der Waals surface area contributed by atoms with Crippen molar-refractivity contribution < 1.29 is 4.79 Å². The molecule has 2 aromatic carbocycles. The number of hydrogen-bond acceptors (Lipinski definition) is 1. The van der Waals surface area contributed by atoms with Crippen LogP contribution >= 0.6 is 11.6 Å². The molecular weight excluding hydrogens is 282 g/mol. The minimum atomic E-state index is -0.0458. The van der Waals surface area contributed by atoms with E-state index in [9.17, 15) is 4.79 Å². The summed E-state index contributed by atoms with van der Waals surface area (Å²) in [5.74, 6) is 0.535. The van der Waals surface area contributed by atoms with Gasteiger partial charge in [-0.05, 0) is 47.7 Å². The van der Waals surface area contributed by atoms with E-state index in [4.69, 9.17) is 11.6 Å². The maximum absolute atomic E-state index is 12.2. The van der Waals surface area contributed by atoms with E-state index in [0.717, 1.165) is 12.0 Å². The van der Waals surface area contributed by atoms with Crippen LogP contribution in [0.2, 0.25) is 5.02 Å². The second-order valence-corrected chi connectivity index (χ2v) is 6.04. The highest BCUT2D eigenvalue weighted by Crippen LogP contribution is 2.12. The van der Waals surface area contributed by atoms with Crippen LogP contribution in [-0.4, -0.2) is 5.91 Å².